The molecule has 3 aromatic rings. The lowest BCUT2D eigenvalue weighted by molar-refractivity contribution is 0.584. The lowest BCUT2D eigenvalue weighted by atomic mass is 10.2. The normalized spacial score (nSPS) is 10.9. The predicted molar refractivity (Wildman–Crippen MR) is 80.5 cm³/mol. The van der Waals surface area contributed by atoms with Crippen molar-refractivity contribution in [3.8, 4) is 0 Å². The molecule has 0 saturated carbocycles. The molecule has 20 heavy (non-hydrogen) atoms. The van der Waals surface area contributed by atoms with E-state index in [2.05, 4.69) is 5.32 Å². The summed E-state index contributed by atoms with van der Waals surface area (Å²) in [5.41, 5.74) is 0.399. The molecule has 1 N–H and O–H groups in total. The molecule has 1 aromatic heterocycles. The number of anilines is 1. The van der Waals surface area contributed by atoms with E-state index in [4.69, 9.17) is 11.6 Å². The van der Waals surface area contributed by atoms with Crippen molar-refractivity contribution in [3.63, 3.8) is 0 Å². The summed E-state index contributed by atoms with van der Waals surface area (Å²) in [7, 11) is 0. The average molecular weight is 310 g/mol. The molecule has 5 heteroatoms. The Labute approximate surface area is 123 Å². The summed E-state index contributed by atoms with van der Waals surface area (Å²) in [6.45, 7) is 0.432. The minimum Gasteiger partial charge on any atom is -0.380 e. The summed E-state index contributed by atoms with van der Waals surface area (Å²) in [6.07, 6.45) is 0. The number of hydrogen-bond acceptors (Lipinski definition) is 2. The van der Waals surface area contributed by atoms with Crippen molar-refractivity contribution in [1.82, 2.24) is 0 Å². The van der Waals surface area contributed by atoms with Gasteiger partial charge < -0.3 is 5.32 Å². The van der Waals surface area contributed by atoms with Gasteiger partial charge in [0, 0.05) is 26.7 Å². The maximum atomic E-state index is 13.1. The standard InChI is InChI=1S/C15H10ClF2NS/c16-15-12-3-1-2-4-13(12)20-14(15)8-19-11-6-9(17)5-10(18)7-11/h1-7,19H,8H2. The maximum Gasteiger partial charge on any atom is 0.128 e. The summed E-state index contributed by atoms with van der Waals surface area (Å²) in [5, 5.41) is 4.68. The Morgan fingerprint density at radius 1 is 1.05 bits per heavy atom. The summed E-state index contributed by atoms with van der Waals surface area (Å²) in [4.78, 5) is 0.942. The van der Waals surface area contributed by atoms with Gasteiger partial charge in [0.1, 0.15) is 11.6 Å². The van der Waals surface area contributed by atoms with Crippen LogP contribution in [0.3, 0.4) is 0 Å². The molecule has 1 heterocycles. The van der Waals surface area contributed by atoms with Crippen LogP contribution in [0.15, 0.2) is 42.5 Å². The van der Waals surface area contributed by atoms with Crippen LogP contribution in [0.4, 0.5) is 14.5 Å². The molecule has 0 aliphatic rings. The van der Waals surface area contributed by atoms with Crippen molar-refractivity contribution < 1.29 is 8.78 Å². The first-order valence-corrected chi connectivity index (χ1v) is 7.19. The largest absolute Gasteiger partial charge is 0.380 e. The van der Waals surface area contributed by atoms with Gasteiger partial charge in [-0.3, -0.25) is 0 Å². The molecule has 0 amide bonds. The number of thiophene rings is 1. The zero-order chi connectivity index (χ0) is 14.1. The molecular formula is C15H10ClF2NS. The van der Waals surface area contributed by atoms with Gasteiger partial charge >= 0.3 is 0 Å². The molecule has 0 atom stereocenters. The van der Waals surface area contributed by atoms with Crippen LogP contribution in [0.1, 0.15) is 4.88 Å². The molecule has 0 fully saturated rings. The van der Waals surface area contributed by atoms with Crippen molar-refractivity contribution in [2.75, 3.05) is 5.32 Å². The third-order valence-electron chi connectivity index (χ3n) is 2.92. The van der Waals surface area contributed by atoms with E-state index < -0.39 is 11.6 Å². The van der Waals surface area contributed by atoms with Crippen molar-refractivity contribution in [2.45, 2.75) is 6.54 Å². The van der Waals surface area contributed by atoms with Crippen LogP contribution in [0, 0.1) is 11.6 Å². The van der Waals surface area contributed by atoms with E-state index in [1.165, 1.54) is 12.1 Å². The Morgan fingerprint density at radius 2 is 1.75 bits per heavy atom. The van der Waals surface area contributed by atoms with Crippen LogP contribution in [0.2, 0.25) is 5.02 Å². The van der Waals surface area contributed by atoms with Gasteiger partial charge in [-0.1, -0.05) is 29.8 Å². The molecule has 0 bridgehead atoms. The quantitative estimate of drug-likeness (QED) is 0.679. The minimum atomic E-state index is -0.602. The van der Waals surface area contributed by atoms with Crippen LogP contribution in [0.5, 0.6) is 0 Å². The molecule has 0 radical (unpaired) electrons. The number of benzene rings is 2. The molecule has 0 aliphatic heterocycles. The number of hydrogen-bond donors (Lipinski definition) is 1. The number of halogens is 3. The SMILES string of the molecule is Fc1cc(F)cc(NCc2sc3ccccc3c2Cl)c1. The summed E-state index contributed by atoms with van der Waals surface area (Å²) >= 11 is 7.88. The number of nitrogens with one attached hydrogen (secondary N) is 1. The number of rotatable bonds is 3. The fraction of sp³-hybridized carbons (Fsp3) is 0.0667. The molecule has 1 nitrogen and oxygen atoms in total. The highest BCUT2D eigenvalue weighted by atomic mass is 35.5. The van der Waals surface area contributed by atoms with Gasteiger partial charge in [-0.05, 0) is 18.2 Å². The van der Waals surface area contributed by atoms with Crippen LogP contribution in [-0.4, -0.2) is 0 Å². The minimum absolute atomic E-state index is 0.399. The summed E-state index contributed by atoms with van der Waals surface area (Å²) in [5.74, 6) is -1.20. The lowest BCUT2D eigenvalue weighted by Gasteiger charge is -2.05. The third-order valence-corrected chi connectivity index (χ3v) is 4.63. The third kappa shape index (κ3) is 2.62. The first-order valence-electron chi connectivity index (χ1n) is 5.99. The van der Waals surface area contributed by atoms with Crippen LogP contribution < -0.4 is 5.32 Å². The molecule has 0 spiro atoms. The Bertz CT molecular complexity index is 749. The topological polar surface area (TPSA) is 12.0 Å². The Hall–Kier alpha value is -1.65. The zero-order valence-corrected chi connectivity index (χ0v) is 11.9. The van der Waals surface area contributed by atoms with Gasteiger partial charge in [-0.15, -0.1) is 11.3 Å². The van der Waals surface area contributed by atoms with Gasteiger partial charge in [0.25, 0.3) is 0 Å². The second-order valence-corrected chi connectivity index (χ2v) is 5.86. The molecule has 102 valence electrons. The Balaban J connectivity index is 1.84. The predicted octanol–water partition coefficient (Wildman–Crippen LogP) is 5.45. The van der Waals surface area contributed by atoms with Crippen LogP contribution >= 0.6 is 22.9 Å². The van der Waals surface area contributed by atoms with E-state index in [0.29, 0.717) is 17.3 Å². The second-order valence-electron chi connectivity index (χ2n) is 4.35. The highest BCUT2D eigenvalue weighted by Crippen LogP contribution is 2.35. The average Bonchev–Trinajstić information content (AvgIpc) is 2.73. The van der Waals surface area contributed by atoms with E-state index in [0.717, 1.165) is 21.0 Å². The molecule has 3 rings (SSSR count). The van der Waals surface area contributed by atoms with E-state index >= 15 is 0 Å². The summed E-state index contributed by atoms with van der Waals surface area (Å²) < 4.78 is 27.3. The van der Waals surface area contributed by atoms with E-state index in [1.54, 1.807) is 11.3 Å². The van der Waals surface area contributed by atoms with Gasteiger partial charge in [-0.2, -0.15) is 0 Å². The molecule has 2 aromatic carbocycles. The maximum absolute atomic E-state index is 13.1. The van der Waals surface area contributed by atoms with E-state index in [9.17, 15) is 8.78 Å². The van der Waals surface area contributed by atoms with E-state index in [1.807, 2.05) is 24.3 Å². The lowest BCUT2D eigenvalue weighted by Crippen LogP contribution is -1.99. The Morgan fingerprint density at radius 3 is 2.45 bits per heavy atom. The van der Waals surface area contributed by atoms with Crippen molar-refractivity contribution >= 4 is 38.7 Å². The van der Waals surface area contributed by atoms with Gasteiger partial charge in [-0.25, -0.2) is 8.78 Å². The molecular weight excluding hydrogens is 300 g/mol. The van der Waals surface area contributed by atoms with Crippen LogP contribution in [-0.2, 0) is 6.54 Å². The zero-order valence-electron chi connectivity index (χ0n) is 10.3. The van der Waals surface area contributed by atoms with Crippen molar-refractivity contribution in [3.05, 3.63) is 64.0 Å². The monoisotopic (exact) mass is 309 g/mol. The van der Waals surface area contributed by atoms with Crippen molar-refractivity contribution in [1.29, 1.82) is 0 Å². The Kier molecular flexibility index (Phi) is 3.59. The van der Waals surface area contributed by atoms with Crippen LogP contribution in [0.25, 0.3) is 10.1 Å². The first-order chi connectivity index (χ1) is 9.63. The van der Waals surface area contributed by atoms with Gasteiger partial charge in [0.2, 0.25) is 0 Å². The number of fused-ring (bicyclic) bond motifs is 1. The smallest absolute Gasteiger partial charge is 0.128 e. The van der Waals surface area contributed by atoms with E-state index in [-0.39, 0.29) is 0 Å². The molecule has 0 unspecified atom stereocenters. The first kappa shape index (κ1) is 13.3. The fourth-order valence-corrected chi connectivity index (χ4v) is 3.46. The highest BCUT2D eigenvalue weighted by Gasteiger charge is 2.09. The van der Waals surface area contributed by atoms with Gasteiger partial charge in [0.15, 0.2) is 0 Å². The molecule has 0 aliphatic carbocycles. The summed E-state index contributed by atoms with van der Waals surface area (Å²) in [6, 6.07) is 11.2. The van der Waals surface area contributed by atoms with Crippen molar-refractivity contribution in [2.24, 2.45) is 0 Å². The fourth-order valence-electron chi connectivity index (χ4n) is 2.02. The second kappa shape index (κ2) is 5.38. The molecule has 0 saturated heterocycles. The van der Waals surface area contributed by atoms with Gasteiger partial charge in [0.05, 0.1) is 11.6 Å². The highest BCUT2D eigenvalue weighted by molar-refractivity contribution is 7.19.